The van der Waals surface area contributed by atoms with E-state index in [0.717, 1.165) is 25.7 Å². The Kier molecular flexibility index (Phi) is 7.48. The van der Waals surface area contributed by atoms with Gasteiger partial charge >= 0.3 is 5.97 Å². The van der Waals surface area contributed by atoms with Crippen molar-refractivity contribution in [2.45, 2.75) is 72.5 Å². The van der Waals surface area contributed by atoms with Crippen molar-refractivity contribution in [1.82, 2.24) is 0 Å². The van der Waals surface area contributed by atoms with Crippen LogP contribution < -0.4 is 0 Å². The Labute approximate surface area is 158 Å². The monoisotopic (exact) mass is 364 g/mol. The third-order valence-electron chi connectivity index (χ3n) is 6.47. The minimum atomic E-state index is -0.326. The molecule has 2 saturated carbocycles. The van der Waals surface area contributed by atoms with Crippen LogP contribution in [0.4, 0.5) is 0 Å². The Bertz CT molecular complexity index is 536. The Morgan fingerprint density at radius 2 is 1.81 bits per heavy atom. The van der Waals surface area contributed by atoms with Gasteiger partial charge in [0.05, 0.1) is 6.10 Å². The number of hydrogen-bond donors (Lipinski definition) is 2. The smallest absolute Gasteiger partial charge is 0.302 e. The Balaban J connectivity index is 2.32. The second kappa shape index (κ2) is 9.18. The molecule has 0 spiro atoms. The van der Waals surface area contributed by atoms with E-state index in [1.807, 2.05) is 0 Å². The van der Waals surface area contributed by atoms with Gasteiger partial charge in [0, 0.05) is 19.4 Å². The van der Waals surface area contributed by atoms with Gasteiger partial charge in [-0.15, -0.1) is 0 Å². The van der Waals surface area contributed by atoms with E-state index in [9.17, 15) is 15.0 Å². The maximum absolute atomic E-state index is 11.6. The number of aliphatic hydroxyl groups is 2. The number of carbonyl (C=O) groups excluding carboxylic acids is 1. The number of rotatable bonds is 6. The van der Waals surface area contributed by atoms with Crippen molar-refractivity contribution in [2.24, 2.45) is 29.6 Å². The number of esters is 1. The number of aliphatic hydroxyl groups excluding tert-OH is 2. The summed E-state index contributed by atoms with van der Waals surface area (Å²) in [6.07, 6.45) is 7.34. The van der Waals surface area contributed by atoms with E-state index in [1.54, 1.807) is 0 Å². The zero-order valence-corrected chi connectivity index (χ0v) is 16.9. The van der Waals surface area contributed by atoms with Crippen LogP contribution in [0.2, 0.25) is 0 Å². The van der Waals surface area contributed by atoms with Crippen LogP contribution in [0.3, 0.4) is 0 Å². The molecule has 7 atom stereocenters. The highest BCUT2D eigenvalue weighted by molar-refractivity contribution is 5.66. The summed E-state index contributed by atoms with van der Waals surface area (Å²) in [5, 5.41) is 20.7. The van der Waals surface area contributed by atoms with E-state index in [-0.39, 0.29) is 48.5 Å². The lowest BCUT2D eigenvalue weighted by Crippen LogP contribution is -2.37. The molecule has 26 heavy (non-hydrogen) atoms. The molecule has 2 aliphatic rings. The lowest BCUT2D eigenvalue weighted by atomic mass is 9.71. The molecule has 2 fully saturated rings. The van der Waals surface area contributed by atoms with E-state index in [2.05, 4.69) is 39.8 Å². The van der Waals surface area contributed by atoms with Crippen molar-refractivity contribution in [3.05, 3.63) is 23.3 Å². The molecule has 0 aromatic heterocycles. The second-order valence-electron chi connectivity index (χ2n) is 8.58. The van der Waals surface area contributed by atoms with E-state index < -0.39 is 0 Å². The summed E-state index contributed by atoms with van der Waals surface area (Å²) in [7, 11) is 0. The van der Waals surface area contributed by atoms with Crippen LogP contribution in [0.25, 0.3) is 0 Å². The molecule has 0 saturated heterocycles. The fourth-order valence-corrected chi connectivity index (χ4v) is 5.23. The molecular weight excluding hydrogens is 328 g/mol. The zero-order chi connectivity index (χ0) is 19.4. The van der Waals surface area contributed by atoms with Gasteiger partial charge in [0.15, 0.2) is 0 Å². The summed E-state index contributed by atoms with van der Waals surface area (Å²) in [6.45, 7) is 9.96. The molecule has 148 valence electrons. The fraction of sp³-hybridized carbons (Fsp3) is 0.773. The standard InChI is InChI=1S/C22H36O4/c1-13(2)7-6-8-14(3)17-11-20(26-16(5)24)18(12-23)22(17)21-15(4)9-10-19(21)25/h7-8,15,17-23,25H,6,9-12H2,1-5H3/b14-8-/t15-,17+,18-,19+,20-,21-,22-/m1/s1. The van der Waals surface area contributed by atoms with E-state index in [4.69, 9.17) is 4.74 Å². The summed E-state index contributed by atoms with van der Waals surface area (Å²) in [6, 6.07) is 0. The Morgan fingerprint density at radius 3 is 2.31 bits per heavy atom. The lowest BCUT2D eigenvalue weighted by molar-refractivity contribution is -0.149. The highest BCUT2D eigenvalue weighted by atomic mass is 16.5. The molecule has 0 radical (unpaired) electrons. The summed E-state index contributed by atoms with van der Waals surface area (Å²) in [5.41, 5.74) is 2.58. The van der Waals surface area contributed by atoms with Crippen LogP contribution in [-0.2, 0) is 9.53 Å². The normalized spacial score (nSPS) is 37.7. The van der Waals surface area contributed by atoms with Gasteiger partial charge in [0.1, 0.15) is 6.10 Å². The molecule has 2 N–H and O–H groups in total. The van der Waals surface area contributed by atoms with E-state index in [1.165, 1.54) is 18.1 Å². The first-order valence-electron chi connectivity index (χ1n) is 10.0. The molecule has 0 amide bonds. The third-order valence-corrected chi connectivity index (χ3v) is 6.47. The van der Waals surface area contributed by atoms with Gasteiger partial charge in [-0.2, -0.15) is 0 Å². The average molecular weight is 365 g/mol. The number of hydrogen-bond acceptors (Lipinski definition) is 4. The zero-order valence-electron chi connectivity index (χ0n) is 16.9. The summed E-state index contributed by atoms with van der Waals surface area (Å²) < 4.78 is 5.58. The Hall–Kier alpha value is -1.13. The quantitative estimate of drug-likeness (QED) is 0.554. The average Bonchev–Trinajstić information content (AvgIpc) is 3.05. The maximum atomic E-state index is 11.6. The van der Waals surface area contributed by atoms with Crippen molar-refractivity contribution in [2.75, 3.05) is 6.61 Å². The van der Waals surface area contributed by atoms with Crippen LogP contribution >= 0.6 is 0 Å². The fourth-order valence-electron chi connectivity index (χ4n) is 5.23. The van der Waals surface area contributed by atoms with Crippen LogP contribution in [0.5, 0.6) is 0 Å². The van der Waals surface area contributed by atoms with Crippen LogP contribution in [0.15, 0.2) is 23.3 Å². The molecule has 0 aliphatic heterocycles. The largest absolute Gasteiger partial charge is 0.462 e. The molecule has 4 nitrogen and oxygen atoms in total. The summed E-state index contributed by atoms with van der Waals surface area (Å²) in [5.74, 6) is 0.578. The maximum Gasteiger partial charge on any atom is 0.302 e. The lowest BCUT2D eigenvalue weighted by Gasteiger charge is -2.35. The molecule has 4 heteroatoms. The summed E-state index contributed by atoms with van der Waals surface area (Å²) in [4.78, 5) is 11.6. The SMILES string of the molecule is CC(=O)O[C@@H]1C[C@@H](/C(C)=C\CC=C(C)C)[C@@H]([C@@H]2[C@H](C)CC[C@@H]2O)[C@@H]1CO. The van der Waals surface area contributed by atoms with Crippen molar-refractivity contribution < 1.29 is 19.7 Å². The minimum absolute atomic E-state index is 0.00367. The molecule has 0 bridgehead atoms. The van der Waals surface area contributed by atoms with Crippen molar-refractivity contribution >= 4 is 5.97 Å². The molecular formula is C22H36O4. The number of ether oxygens (including phenoxy) is 1. The predicted molar refractivity (Wildman–Crippen MR) is 103 cm³/mol. The minimum Gasteiger partial charge on any atom is -0.462 e. The van der Waals surface area contributed by atoms with E-state index in [0.29, 0.717) is 5.92 Å². The first kappa shape index (κ1) is 21.2. The van der Waals surface area contributed by atoms with Gasteiger partial charge in [0.2, 0.25) is 0 Å². The topological polar surface area (TPSA) is 66.8 Å². The molecule has 2 rings (SSSR count). The predicted octanol–water partition coefficient (Wildman–Crippen LogP) is 3.87. The van der Waals surface area contributed by atoms with Gasteiger partial charge in [-0.25, -0.2) is 0 Å². The first-order chi connectivity index (χ1) is 12.3. The van der Waals surface area contributed by atoms with Gasteiger partial charge < -0.3 is 14.9 Å². The molecule has 0 aromatic rings. The van der Waals surface area contributed by atoms with Gasteiger partial charge in [0.25, 0.3) is 0 Å². The highest BCUT2D eigenvalue weighted by Gasteiger charge is 2.52. The van der Waals surface area contributed by atoms with Gasteiger partial charge in [-0.1, -0.05) is 30.2 Å². The van der Waals surface area contributed by atoms with Crippen molar-refractivity contribution in [3.63, 3.8) is 0 Å². The second-order valence-corrected chi connectivity index (χ2v) is 8.58. The van der Waals surface area contributed by atoms with Gasteiger partial charge in [-0.3, -0.25) is 4.79 Å². The van der Waals surface area contributed by atoms with Crippen molar-refractivity contribution in [1.29, 1.82) is 0 Å². The summed E-state index contributed by atoms with van der Waals surface area (Å²) >= 11 is 0. The first-order valence-corrected chi connectivity index (χ1v) is 10.0. The van der Waals surface area contributed by atoms with E-state index >= 15 is 0 Å². The Morgan fingerprint density at radius 1 is 1.12 bits per heavy atom. The molecule has 0 aromatic carbocycles. The van der Waals surface area contributed by atoms with Crippen LogP contribution in [-0.4, -0.2) is 35.0 Å². The third kappa shape index (κ3) is 4.77. The highest BCUT2D eigenvalue weighted by Crippen LogP contribution is 2.52. The van der Waals surface area contributed by atoms with Crippen LogP contribution in [0.1, 0.15) is 60.3 Å². The van der Waals surface area contributed by atoms with Crippen LogP contribution in [0, 0.1) is 29.6 Å². The van der Waals surface area contributed by atoms with Crippen molar-refractivity contribution in [3.8, 4) is 0 Å². The molecule has 2 aliphatic carbocycles. The number of carbonyl (C=O) groups is 1. The molecule has 0 heterocycles. The van der Waals surface area contributed by atoms with Gasteiger partial charge in [-0.05, 0) is 70.1 Å². The number of allylic oxidation sites excluding steroid dienone is 4. The molecule has 0 unspecified atom stereocenters.